The van der Waals surface area contributed by atoms with E-state index in [4.69, 9.17) is 0 Å². The third-order valence-corrected chi connectivity index (χ3v) is 3.80. The zero-order valence-electron chi connectivity index (χ0n) is 9.21. The summed E-state index contributed by atoms with van der Waals surface area (Å²) in [6, 6.07) is 0.680. The molecule has 2 aliphatic rings. The highest BCUT2D eigenvalue weighted by atomic mass is 16.3. The first-order valence-corrected chi connectivity index (χ1v) is 6.17. The van der Waals surface area contributed by atoms with Gasteiger partial charge in [-0.1, -0.05) is 6.92 Å². The molecule has 0 spiro atoms. The lowest BCUT2D eigenvalue weighted by Crippen LogP contribution is -2.38. The Morgan fingerprint density at radius 1 is 1.14 bits per heavy atom. The van der Waals surface area contributed by atoms with Crippen molar-refractivity contribution in [1.29, 1.82) is 0 Å². The standard InChI is InChI=1S/C12H23NO/c1-9-2-6-11(7-3-9)13-8-12(14)10-4-5-10/h9-14H,2-8H2,1H3. The normalized spacial score (nSPS) is 35.6. The second-order valence-electron chi connectivity index (χ2n) is 5.27. The number of aliphatic hydroxyl groups is 1. The first-order valence-electron chi connectivity index (χ1n) is 6.17. The van der Waals surface area contributed by atoms with Gasteiger partial charge in [0.1, 0.15) is 0 Å². The molecular formula is C12H23NO. The van der Waals surface area contributed by atoms with Gasteiger partial charge in [0.15, 0.2) is 0 Å². The smallest absolute Gasteiger partial charge is 0.0692 e. The van der Waals surface area contributed by atoms with Gasteiger partial charge in [-0.15, -0.1) is 0 Å². The molecule has 2 fully saturated rings. The van der Waals surface area contributed by atoms with Gasteiger partial charge in [-0.2, -0.15) is 0 Å². The lowest BCUT2D eigenvalue weighted by molar-refractivity contribution is 0.139. The van der Waals surface area contributed by atoms with Crippen LogP contribution >= 0.6 is 0 Å². The average molecular weight is 197 g/mol. The molecule has 2 heteroatoms. The maximum Gasteiger partial charge on any atom is 0.0692 e. The highest BCUT2D eigenvalue weighted by molar-refractivity contribution is 4.84. The van der Waals surface area contributed by atoms with Crippen molar-refractivity contribution < 1.29 is 5.11 Å². The molecule has 1 atom stereocenters. The molecule has 0 aromatic carbocycles. The Balaban J connectivity index is 1.60. The highest BCUT2D eigenvalue weighted by Crippen LogP contribution is 2.32. The van der Waals surface area contributed by atoms with Gasteiger partial charge >= 0.3 is 0 Å². The summed E-state index contributed by atoms with van der Waals surface area (Å²) in [5, 5.41) is 13.2. The SMILES string of the molecule is CC1CCC(NCC(O)C2CC2)CC1. The summed E-state index contributed by atoms with van der Waals surface area (Å²) in [4.78, 5) is 0. The molecule has 14 heavy (non-hydrogen) atoms. The monoisotopic (exact) mass is 197 g/mol. The third kappa shape index (κ3) is 2.96. The molecule has 0 radical (unpaired) electrons. The van der Waals surface area contributed by atoms with E-state index >= 15 is 0 Å². The van der Waals surface area contributed by atoms with Gasteiger partial charge in [0, 0.05) is 12.6 Å². The van der Waals surface area contributed by atoms with Crippen molar-refractivity contribution in [2.24, 2.45) is 11.8 Å². The molecule has 0 heterocycles. The van der Waals surface area contributed by atoms with Crippen LogP contribution in [0.5, 0.6) is 0 Å². The van der Waals surface area contributed by atoms with E-state index < -0.39 is 0 Å². The molecule has 0 aromatic rings. The molecular weight excluding hydrogens is 174 g/mol. The minimum atomic E-state index is -0.0747. The maximum absolute atomic E-state index is 9.71. The molecule has 2 saturated carbocycles. The van der Waals surface area contributed by atoms with E-state index in [2.05, 4.69) is 12.2 Å². The second-order valence-corrected chi connectivity index (χ2v) is 5.27. The fourth-order valence-electron chi connectivity index (χ4n) is 2.40. The summed E-state index contributed by atoms with van der Waals surface area (Å²) >= 11 is 0. The van der Waals surface area contributed by atoms with Crippen LogP contribution in [-0.2, 0) is 0 Å². The second kappa shape index (κ2) is 4.63. The van der Waals surface area contributed by atoms with Crippen LogP contribution in [0.1, 0.15) is 45.4 Å². The Hall–Kier alpha value is -0.0800. The van der Waals surface area contributed by atoms with E-state index in [0.717, 1.165) is 12.5 Å². The third-order valence-electron chi connectivity index (χ3n) is 3.80. The van der Waals surface area contributed by atoms with Crippen molar-refractivity contribution in [2.75, 3.05) is 6.54 Å². The quantitative estimate of drug-likeness (QED) is 0.721. The van der Waals surface area contributed by atoms with Crippen molar-refractivity contribution >= 4 is 0 Å². The van der Waals surface area contributed by atoms with Gasteiger partial charge in [0.05, 0.1) is 6.10 Å². The summed E-state index contributed by atoms with van der Waals surface area (Å²) in [6.45, 7) is 3.17. The minimum Gasteiger partial charge on any atom is -0.392 e. The lowest BCUT2D eigenvalue weighted by Gasteiger charge is -2.27. The molecule has 0 bridgehead atoms. The maximum atomic E-state index is 9.71. The lowest BCUT2D eigenvalue weighted by atomic mass is 9.87. The van der Waals surface area contributed by atoms with E-state index in [0.29, 0.717) is 12.0 Å². The molecule has 2 nitrogen and oxygen atoms in total. The van der Waals surface area contributed by atoms with Crippen LogP contribution in [0, 0.1) is 11.8 Å². The van der Waals surface area contributed by atoms with Gasteiger partial charge in [-0.05, 0) is 50.4 Å². The largest absolute Gasteiger partial charge is 0.392 e. The van der Waals surface area contributed by atoms with E-state index in [9.17, 15) is 5.11 Å². The average Bonchev–Trinajstić information content (AvgIpc) is 3.00. The molecule has 1 unspecified atom stereocenters. The molecule has 82 valence electrons. The first kappa shape index (κ1) is 10.4. The van der Waals surface area contributed by atoms with E-state index in [-0.39, 0.29) is 6.10 Å². The van der Waals surface area contributed by atoms with E-state index in [1.807, 2.05) is 0 Å². The first-order chi connectivity index (χ1) is 6.75. The molecule has 2 N–H and O–H groups in total. The van der Waals surface area contributed by atoms with Crippen LogP contribution < -0.4 is 5.32 Å². The van der Waals surface area contributed by atoms with Gasteiger partial charge in [-0.25, -0.2) is 0 Å². The summed E-state index contributed by atoms with van der Waals surface area (Å²) in [5.74, 6) is 1.53. The Kier molecular flexibility index (Phi) is 3.45. The van der Waals surface area contributed by atoms with Gasteiger partial charge in [0.25, 0.3) is 0 Å². The van der Waals surface area contributed by atoms with Crippen molar-refractivity contribution in [1.82, 2.24) is 5.32 Å². The zero-order chi connectivity index (χ0) is 9.97. The van der Waals surface area contributed by atoms with Crippen molar-refractivity contribution in [2.45, 2.75) is 57.6 Å². The Bertz CT molecular complexity index is 171. The summed E-state index contributed by atoms with van der Waals surface area (Å²) < 4.78 is 0. The molecule has 2 aliphatic carbocycles. The van der Waals surface area contributed by atoms with Crippen molar-refractivity contribution in [3.05, 3.63) is 0 Å². The molecule has 0 saturated heterocycles. The van der Waals surface area contributed by atoms with Gasteiger partial charge in [0.2, 0.25) is 0 Å². The van der Waals surface area contributed by atoms with Crippen LogP contribution in [0.3, 0.4) is 0 Å². The fourth-order valence-corrected chi connectivity index (χ4v) is 2.40. The van der Waals surface area contributed by atoms with Crippen LogP contribution in [0.15, 0.2) is 0 Å². The van der Waals surface area contributed by atoms with Crippen LogP contribution in [0.2, 0.25) is 0 Å². The van der Waals surface area contributed by atoms with Gasteiger partial charge in [-0.3, -0.25) is 0 Å². The molecule has 0 aromatic heterocycles. The zero-order valence-corrected chi connectivity index (χ0v) is 9.21. The topological polar surface area (TPSA) is 32.3 Å². The number of nitrogens with one attached hydrogen (secondary N) is 1. The molecule has 2 rings (SSSR count). The Morgan fingerprint density at radius 3 is 2.36 bits per heavy atom. The number of hydrogen-bond donors (Lipinski definition) is 2. The molecule has 0 amide bonds. The predicted molar refractivity (Wildman–Crippen MR) is 58.2 cm³/mol. The fraction of sp³-hybridized carbons (Fsp3) is 1.00. The number of aliphatic hydroxyl groups excluding tert-OH is 1. The Morgan fingerprint density at radius 2 is 1.79 bits per heavy atom. The van der Waals surface area contributed by atoms with E-state index in [1.165, 1.54) is 38.5 Å². The predicted octanol–water partition coefficient (Wildman–Crippen LogP) is 1.93. The highest BCUT2D eigenvalue weighted by Gasteiger charge is 2.30. The summed E-state index contributed by atoms with van der Waals surface area (Å²) in [7, 11) is 0. The van der Waals surface area contributed by atoms with Crippen LogP contribution in [-0.4, -0.2) is 23.8 Å². The van der Waals surface area contributed by atoms with E-state index in [1.54, 1.807) is 0 Å². The van der Waals surface area contributed by atoms with Crippen molar-refractivity contribution in [3.63, 3.8) is 0 Å². The van der Waals surface area contributed by atoms with Gasteiger partial charge < -0.3 is 10.4 Å². The Labute approximate surface area is 87.1 Å². The minimum absolute atomic E-state index is 0.0747. The number of hydrogen-bond acceptors (Lipinski definition) is 2. The number of rotatable bonds is 4. The summed E-state index contributed by atoms with van der Waals surface area (Å²) in [5.41, 5.74) is 0. The van der Waals surface area contributed by atoms with Crippen LogP contribution in [0.25, 0.3) is 0 Å². The molecule has 0 aliphatic heterocycles. The summed E-state index contributed by atoms with van der Waals surface area (Å²) in [6.07, 6.45) is 7.73. The van der Waals surface area contributed by atoms with Crippen LogP contribution in [0.4, 0.5) is 0 Å². The van der Waals surface area contributed by atoms with Crippen molar-refractivity contribution in [3.8, 4) is 0 Å².